The van der Waals surface area contributed by atoms with E-state index >= 15 is 0 Å². The number of rotatable bonds is 6. The molecule has 0 saturated carbocycles. The maximum Gasteiger partial charge on any atom is 0.343 e. The molecule has 0 saturated heterocycles. The zero-order valence-electron chi connectivity index (χ0n) is 15.0. The van der Waals surface area contributed by atoms with Crippen LogP contribution in [0.3, 0.4) is 0 Å². The van der Waals surface area contributed by atoms with Crippen LogP contribution in [0.15, 0.2) is 84.0 Å². The topological polar surface area (TPSA) is 111 Å². The highest BCUT2D eigenvalue weighted by Crippen LogP contribution is 2.18. The molecular formula is C21H15N3O5. The summed E-state index contributed by atoms with van der Waals surface area (Å²) in [6.07, 6.45) is 1.34. The Morgan fingerprint density at radius 1 is 0.897 bits per heavy atom. The number of nitrogens with zero attached hydrogens (tertiary/aromatic N) is 2. The van der Waals surface area contributed by atoms with Crippen LogP contribution in [0, 0.1) is 10.1 Å². The normalized spacial score (nSPS) is 10.5. The fraction of sp³-hybridized carbons (Fsp3) is 0. The van der Waals surface area contributed by atoms with Gasteiger partial charge in [-0.1, -0.05) is 30.3 Å². The van der Waals surface area contributed by atoms with Gasteiger partial charge in [0, 0.05) is 23.3 Å². The van der Waals surface area contributed by atoms with Crippen molar-refractivity contribution in [1.29, 1.82) is 0 Å². The summed E-state index contributed by atoms with van der Waals surface area (Å²) < 4.78 is 5.40. The molecule has 0 aliphatic rings. The summed E-state index contributed by atoms with van der Waals surface area (Å²) in [6, 6.07) is 20.4. The number of amides is 1. The van der Waals surface area contributed by atoms with Crippen LogP contribution in [0.5, 0.6) is 5.75 Å². The molecule has 0 radical (unpaired) electrons. The van der Waals surface area contributed by atoms with Gasteiger partial charge in [-0.05, 0) is 36.4 Å². The summed E-state index contributed by atoms with van der Waals surface area (Å²) in [5.41, 5.74) is 3.33. The molecule has 0 bridgehead atoms. The molecule has 1 amide bonds. The largest absolute Gasteiger partial charge is 0.422 e. The number of non-ortho nitro benzene ring substituents is 1. The molecule has 0 fully saturated rings. The molecule has 3 rings (SSSR count). The van der Waals surface area contributed by atoms with E-state index in [0.29, 0.717) is 11.1 Å². The van der Waals surface area contributed by atoms with E-state index in [4.69, 9.17) is 4.74 Å². The Morgan fingerprint density at radius 2 is 1.55 bits per heavy atom. The van der Waals surface area contributed by atoms with Gasteiger partial charge in [0.15, 0.2) is 0 Å². The molecule has 8 heteroatoms. The minimum atomic E-state index is -0.548. The van der Waals surface area contributed by atoms with Crippen molar-refractivity contribution in [2.75, 3.05) is 0 Å². The zero-order chi connectivity index (χ0) is 20.6. The van der Waals surface area contributed by atoms with E-state index in [1.165, 1.54) is 30.5 Å². The van der Waals surface area contributed by atoms with Crippen molar-refractivity contribution in [2.24, 2.45) is 5.10 Å². The van der Waals surface area contributed by atoms with Gasteiger partial charge in [-0.3, -0.25) is 14.9 Å². The van der Waals surface area contributed by atoms with Crippen molar-refractivity contribution in [1.82, 2.24) is 5.43 Å². The molecule has 8 nitrogen and oxygen atoms in total. The Labute approximate surface area is 165 Å². The first kappa shape index (κ1) is 19.4. The van der Waals surface area contributed by atoms with Crippen molar-refractivity contribution >= 4 is 23.8 Å². The van der Waals surface area contributed by atoms with Gasteiger partial charge in [-0.25, -0.2) is 10.2 Å². The van der Waals surface area contributed by atoms with E-state index in [1.807, 2.05) is 0 Å². The Bertz CT molecular complexity index is 1060. The Balaban J connectivity index is 1.67. The minimum Gasteiger partial charge on any atom is -0.422 e. The predicted molar refractivity (Wildman–Crippen MR) is 106 cm³/mol. The highest BCUT2D eigenvalue weighted by Gasteiger charge is 2.11. The van der Waals surface area contributed by atoms with Crippen LogP contribution in [0.25, 0.3) is 0 Å². The summed E-state index contributed by atoms with van der Waals surface area (Å²) in [6.45, 7) is 0. The fourth-order valence-corrected chi connectivity index (χ4v) is 2.37. The number of carbonyl (C=O) groups is 2. The van der Waals surface area contributed by atoms with Crippen LogP contribution in [0.2, 0.25) is 0 Å². The Kier molecular flexibility index (Phi) is 6.06. The average Bonchev–Trinajstić information content (AvgIpc) is 2.75. The fourth-order valence-electron chi connectivity index (χ4n) is 2.37. The van der Waals surface area contributed by atoms with Gasteiger partial charge in [-0.15, -0.1) is 0 Å². The van der Waals surface area contributed by atoms with Crippen molar-refractivity contribution in [3.63, 3.8) is 0 Å². The number of nitro groups is 1. The molecule has 3 aromatic rings. The molecule has 29 heavy (non-hydrogen) atoms. The third-order valence-corrected chi connectivity index (χ3v) is 3.84. The van der Waals surface area contributed by atoms with Crippen LogP contribution >= 0.6 is 0 Å². The molecule has 0 aliphatic heterocycles. The monoisotopic (exact) mass is 389 g/mol. The van der Waals surface area contributed by atoms with Crippen LogP contribution in [0.4, 0.5) is 5.69 Å². The van der Waals surface area contributed by atoms with Gasteiger partial charge in [-0.2, -0.15) is 5.10 Å². The molecule has 0 aromatic heterocycles. The summed E-state index contributed by atoms with van der Waals surface area (Å²) in [5, 5.41) is 14.5. The zero-order valence-corrected chi connectivity index (χ0v) is 15.0. The number of hydrogen-bond donors (Lipinski definition) is 1. The van der Waals surface area contributed by atoms with Crippen LogP contribution in [-0.2, 0) is 0 Å². The SMILES string of the molecule is O=C(N/N=C/c1ccccc1OC(=O)c1ccccc1)c1ccc([N+](=O)[O-])cc1. The van der Waals surface area contributed by atoms with Crippen molar-refractivity contribution in [3.05, 3.63) is 106 Å². The standard InChI is InChI=1S/C21H15N3O5/c25-20(15-10-12-18(13-11-15)24(27)28)23-22-14-17-8-4-5-9-19(17)29-21(26)16-6-2-1-3-7-16/h1-14H,(H,23,25)/b22-14+. The summed E-state index contributed by atoms with van der Waals surface area (Å²) in [7, 11) is 0. The summed E-state index contributed by atoms with van der Waals surface area (Å²) in [4.78, 5) is 34.4. The van der Waals surface area contributed by atoms with Gasteiger partial charge in [0.2, 0.25) is 0 Å². The maximum atomic E-state index is 12.2. The summed E-state index contributed by atoms with van der Waals surface area (Å²) >= 11 is 0. The van der Waals surface area contributed by atoms with E-state index in [2.05, 4.69) is 10.5 Å². The molecular weight excluding hydrogens is 374 g/mol. The lowest BCUT2D eigenvalue weighted by atomic mass is 10.2. The lowest BCUT2D eigenvalue weighted by molar-refractivity contribution is -0.384. The molecule has 3 aromatic carbocycles. The maximum absolute atomic E-state index is 12.2. The van der Waals surface area contributed by atoms with Gasteiger partial charge < -0.3 is 4.74 Å². The highest BCUT2D eigenvalue weighted by molar-refractivity contribution is 5.96. The number of nitrogens with one attached hydrogen (secondary N) is 1. The third kappa shape index (κ3) is 5.10. The summed E-state index contributed by atoms with van der Waals surface area (Å²) in [5.74, 6) is -0.758. The third-order valence-electron chi connectivity index (χ3n) is 3.84. The second kappa shape index (κ2) is 9.05. The molecule has 0 aliphatic carbocycles. The molecule has 144 valence electrons. The number of hydrazone groups is 1. The van der Waals surface area contributed by atoms with Crippen LogP contribution < -0.4 is 10.2 Å². The van der Waals surface area contributed by atoms with E-state index in [-0.39, 0.29) is 17.0 Å². The number of para-hydroxylation sites is 1. The van der Waals surface area contributed by atoms with Crippen molar-refractivity contribution < 1.29 is 19.2 Å². The lowest BCUT2D eigenvalue weighted by Gasteiger charge is -2.07. The Morgan fingerprint density at radius 3 is 2.24 bits per heavy atom. The molecule has 1 N–H and O–H groups in total. The average molecular weight is 389 g/mol. The molecule has 0 unspecified atom stereocenters. The van der Waals surface area contributed by atoms with Gasteiger partial charge in [0.05, 0.1) is 16.7 Å². The Hall–Kier alpha value is -4.33. The number of ether oxygens (including phenoxy) is 1. The quantitative estimate of drug-likeness (QED) is 0.228. The highest BCUT2D eigenvalue weighted by atomic mass is 16.6. The molecule has 0 heterocycles. The first-order valence-electron chi connectivity index (χ1n) is 8.49. The minimum absolute atomic E-state index is 0.112. The number of carbonyl (C=O) groups excluding carboxylic acids is 2. The van der Waals surface area contributed by atoms with Crippen molar-refractivity contribution in [3.8, 4) is 5.75 Å². The molecule has 0 spiro atoms. The second-order valence-corrected chi connectivity index (χ2v) is 5.80. The van der Waals surface area contributed by atoms with Gasteiger partial charge >= 0.3 is 5.97 Å². The molecule has 0 atom stereocenters. The van der Waals surface area contributed by atoms with Gasteiger partial charge in [0.1, 0.15) is 5.75 Å². The lowest BCUT2D eigenvalue weighted by Crippen LogP contribution is -2.17. The first-order chi connectivity index (χ1) is 14.0. The smallest absolute Gasteiger partial charge is 0.343 e. The van der Waals surface area contributed by atoms with E-state index in [0.717, 1.165) is 0 Å². The van der Waals surface area contributed by atoms with E-state index < -0.39 is 16.8 Å². The van der Waals surface area contributed by atoms with Crippen LogP contribution in [-0.4, -0.2) is 23.0 Å². The number of hydrogen-bond acceptors (Lipinski definition) is 6. The number of esters is 1. The van der Waals surface area contributed by atoms with Crippen molar-refractivity contribution in [2.45, 2.75) is 0 Å². The number of nitro benzene ring substituents is 1. The van der Waals surface area contributed by atoms with Crippen LogP contribution in [0.1, 0.15) is 26.3 Å². The number of benzene rings is 3. The predicted octanol–water partition coefficient (Wildman–Crippen LogP) is 3.58. The van der Waals surface area contributed by atoms with Gasteiger partial charge in [0.25, 0.3) is 11.6 Å². The van der Waals surface area contributed by atoms with E-state index in [9.17, 15) is 19.7 Å². The van der Waals surface area contributed by atoms with E-state index in [1.54, 1.807) is 54.6 Å². The second-order valence-electron chi connectivity index (χ2n) is 5.80. The first-order valence-corrected chi connectivity index (χ1v) is 8.49.